The van der Waals surface area contributed by atoms with Crippen molar-refractivity contribution in [3.8, 4) is 0 Å². The van der Waals surface area contributed by atoms with E-state index in [-0.39, 0.29) is 12.3 Å². The van der Waals surface area contributed by atoms with Crippen LogP contribution in [0.5, 0.6) is 0 Å². The van der Waals surface area contributed by atoms with E-state index in [1.807, 2.05) is 0 Å². The highest BCUT2D eigenvalue weighted by Gasteiger charge is 2.14. The number of carbonyl (C=O) groups is 1. The number of nitrogens with one attached hydrogen (secondary N) is 2. The molecule has 0 saturated carbocycles. The highest BCUT2D eigenvalue weighted by molar-refractivity contribution is 5.78. The quantitative estimate of drug-likeness (QED) is 0.852. The van der Waals surface area contributed by atoms with Gasteiger partial charge >= 0.3 is 0 Å². The molecule has 1 aromatic carbocycles. The average molecular weight is 268 g/mol. The molecule has 1 amide bonds. The minimum atomic E-state index is -0.915. The van der Waals surface area contributed by atoms with Crippen molar-refractivity contribution in [1.82, 2.24) is 10.6 Å². The Hall–Kier alpha value is -1.49. The van der Waals surface area contributed by atoms with Crippen LogP contribution in [0.25, 0.3) is 0 Å². The van der Waals surface area contributed by atoms with Crippen molar-refractivity contribution in [2.45, 2.75) is 19.3 Å². The summed E-state index contributed by atoms with van der Waals surface area (Å²) in [5.74, 6) is -1.33. The smallest absolute Gasteiger partial charge is 0.224 e. The molecule has 0 spiro atoms. The Morgan fingerprint density at radius 1 is 1.37 bits per heavy atom. The summed E-state index contributed by atoms with van der Waals surface area (Å²) in [5.41, 5.74) is 0.485. The molecule has 1 saturated heterocycles. The average Bonchev–Trinajstić information content (AvgIpc) is 2.87. The van der Waals surface area contributed by atoms with Crippen LogP contribution in [0.4, 0.5) is 8.78 Å². The summed E-state index contributed by atoms with van der Waals surface area (Å²) in [4.78, 5) is 11.6. The molecule has 1 heterocycles. The lowest BCUT2D eigenvalue weighted by atomic mass is 10.1. The standard InChI is InChI=1S/C14H18F2N2O/c15-12-2-1-11(7-13(12)16)8-14(19)18-6-4-10-3-5-17-9-10/h1-2,7,10,17H,3-6,8-9H2,(H,18,19). The Bertz CT molecular complexity index is 445. The van der Waals surface area contributed by atoms with E-state index in [0.717, 1.165) is 38.1 Å². The Morgan fingerprint density at radius 3 is 2.89 bits per heavy atom. The maximum absolute atomic E-state index is 13.0. The minimum absolute atomic E-state index is 0.0834. The zero-order valence-corrected chi connectivity index (χ0v) is 10.7. The molecule has 3 nitrogen and oxygen atoms in total. The Labute approximate surface area is 111 Å². The lowest BCUT2D eigenvalue weighted by molar-refractivity contribution is -0.120. The van der Waals surface area contributed by atoms with Crippen LogP contribution < -0.4 is 10.6 Å². The summed E-state index contributed by atoms with van der Waals surface area (Å²) in [5, 5.41) is 6.08. The van der Waals surface area contributed by atoms with Crippen LogP contribution in [0, 0.1) is 17.6 Å². The molecule has 1 aliphatic heterocycles. The highest BCUT2D eigenvalue weighted by atomic mass is 19.2. The first-order chi connectivity index (χ1) is 9.15. The van der Waals surface area contributed by atoms with Gasteiger partial charge in [-0.3, -0.25) is 4.79 Å². The van der Waals surface area contributed by atoms with E-state index in [9.17, 15) is 13.6 Å². The molecular weight excluding hydrogens is 250 g/mol. The molecule has 0 bridgehead atoms. The number of halogens is 2. The number of carbonyl (C=O) groups excluding carboxylic acids is 1. The lowest BCUT2D eigenvalue weighted by Crippen LogP contribution is -2.27. The first-order valence-corrected chi connectivity index (χ1v) is 6.56. The summed E-state index contributed by atoms with van der Waals surface area (Å²) in [6.45, 7) is 2.70. The summed E-state index contributed by atoms with van der Waals surface area (Å²) < 4.78 is 25.7. The molecule has 0 radical (unpaired) electrons. The van der Waals surface area contributed by atoms with Crippen molar-refractivity contribution in [1.29, 1.82) is 0 Å². The molecule has 1 aliphatic rings. The van der Waals surface area contributed by atoms with Crippen LogP contribution in [0.3, 0.4) is 0 Å². The van der Waals surface area contributed by atoms with Gasteiger partial charge in [0.25, 0.3) is 0 Å². The van der Waals surface area contributed by atoms with Crippen molar-refractivity contribution >= 4 is 5.91 Å². The van der Waals surface area contributed by atoms with Gasteiger partial charge in [-0.25, -0.2) is 8.78 Å². The van der Waals surface area contributed by atoms with E-state index in [0.29, 0.717) is 18.0 Å². The molecule has 0 aliphatic carbocycles. The molecule has 1 aromatic rings. The second kappa shape index (κ2) is 6.61. The predicted molar refractivity (Wildman–Crippen MR) is 68.7 cm³/mol. The van der Waals surface area contributed by atoms with E-state index in [2.05, 4.69) is 10.6 Å². The number of rotatable bonds is 5. The van der Waals surface area contributed by atoms with Gasteiger partial charge in [0.05, 0.1) is 6.42 Å². The fraction of sp³-hybridized carbons (Fsp3) is 0.500. The fourth-order valence-corrected chi connectivity index (χ4v) is 2.27. The van der Waals surface area contributed by atoms with Crippen molar-refractivity contribution in [2.24, 2.45) is 5.92 Å². The van der Waals surface area contributed by atoms with E-state index in [4.69, 9.17) is 0 Å². The van der Waals surface area contributed by atoms with Gasteiger partial charge in [0.15, 0.2) is 11.6 Å². The van der Waals surface area contributed by atoms with Gasteiger partial charge in [0.1, 0.15) is 0 Å². The molecule has 5 heteroatoms. The van der Waals surface area contributed by atoms with E-state index in [1.54, 1.807) is 0 Å². The van der Waals surface area contributed by atoms with Gasteiger partial charge in [-0.05, 0) is 49.5 Å². The van der Waals surface area contributed by atoms with Gasteiger partial charge < -0.3 is 10.6 Å². The molecule has 19 heavy (non-hydrogen) atoms. The van der Waals surface area contributed by atoms with Crippen LogP contribution in [0.2, 0.25) is 0 Å². The Balaban J connectivity index is 1.72. The number of benzene rings is 1. The maximum atomic E-state index is 13.0. The molecule has 2 N–H and O–H groups in total. The van der Waals surface area contributed by atoms with Gasteiger partial charge in [0.2, 0.25) is 5.91 Å². The molecule has 0 aromatic heterocycles. The first kappa shape index (κ1) is 13.9. The van der Waals surface area contributed by atoms with Gasteiger partial charge in [-0.15, -0.1) is 0 Å². The zero-order chi connectivity index (χ0) is 13.7. The molecule has 1 unspecified atom stereocenters. The van der Waals surface area contributed by atoms with Gasteiger partial charge in [-0.2, -0.15) is 0 Å². The van der Waals surface area contributed by atoms with Crippen LogP contribution in [0.1, 0.15) is 18.4 Å². The third kappa shape index (κ3) is 4.28. The third-order valence-corrected chi connectivity index (χ3v) is 3.39. The normalized spacial score (nSPS) is 18.5. The van der Waals surface area contributed by atoms with Crippen LogP contribution in [-0.4, -0.2) is 25.5 Å². The van der Waals surface area contributed by atoms with Crippen LogP contribution in [0.15, 0.2) is 18.2 Å². The summed E-state index contributed by atoms with van der Waals surface area (Å²) in [6.07, 6.45) is 2.19. The summed E-state index contributed by atoms with van der Waals surface area (Å²) in [7, 11) is 0. The monoisotopic (exact) mass is 268 g/mol. The Kier molecular flexibility index (Phi) is 4.85. The largest absolute Gasteiger partial charge is 0.356 e. The lowest BCUT2D eigenvalue weighted by Gasteiger charge is -2.09. The summed E-state index contributed by atoms with van der Waals surface area (Å²) >= 11 is 0. The number of hydrogen-bond donors (Lipinski definition) is 2. The van der Waals surface area contributed by atoms with Crippen LogP contribution in [-0.2, 0) is 11.2 Å². The first-order valence-electron chi connectivity index (χ1n) is 6.56. The fourth-order valence-electron chi connectivity index (χ4n) is 2.27. The van der Waals surface area contributed by atoms with E-state index < -0.39 is 11.6 Å². The third-order valence-electron chi connectivity index (χ3n) is 3.39. The minimum Gasteiger partial charge on any atom is -0.356 e. The maximum Gasteiger partial charge on any atom is 0.224 e. The number of hydrogen-bond acceptors (Lipinski definition) is 2. The van der Waals surface area contributed by atoms with Gasteiger partial charge in [-0.1, -0.05) is 6.07 Å². The predicted octanol–water partition coefficient (Wildman–Crippen LogP) is 1.62. The molecular formula is C14H18F2N2O. The molecule has 104 valence electrons. The van der Waals surface area contributed by atoms with E-state index >= 15 is 0 Å². The van der Waals surface area contributed by atoms with Crippen molar-refractivity contribution in [3.63, 3.8) is 0 Å². The zero-order valence-electron chi connectivity index (χ0n) is 10.7. The highest BCUT2D eigenvalue weighted by Crippen LogP contribution is 2.11. The second-order valence-electron chi connectivity index (χ2n) is 4.92. The van der Waals surface area contributed by atoms with Crippen molar-refractivity contribution < 1.29 is 13.6 Å². The van der Waals surface area contributed by atoms with Crippen molar-refractivity contribution in [3.05, 3.63) is 35.4 Å². The van der Waals surface area contributed by atoms with Gasteiger partial charge in [0, 0.05) is 6.54 Å². The molecule has 1 atom stereocenters. The van der Waals surface area contributed by atoms with E-state index in [1.165, 1.54) is 6.07 Å². The topological polar surface area (TPSA) is 41.1 Å². The molecule has 1 fully saturated rings. The van der Waals surface area contributed by atoms with Crippen molar-refractivity contribution in [2.75, 3.05) is 19.6 Å². The number of amides is 1. The SMILES string of the molecule is O=C(Cc1ccc(F)c(F)c1)NCCC1CCNC1. The van der Waals surface area contributed by atoms with Crippen LogP contribution >= 0.6 is 0 Å². The Morgan fingerprint density at radius 2 is 2.21 bits per heavy atom. The second-order valence-corrected chi connectivity index (χ2v) is 4.92. The summed E-state index contributed by atoms with van der Waals surface area (Å²) in [6, 6.07) is 3.54. The molecule has 2 rings (SSSR count).